The number of ether oxygens (including phenoxy) is 1. The third-order valence-electron chi connectivity index (χ3n) is 4.46. The van der Waals surface area contributed by atoms with Gasteiger partial charge in [-0.3, -0.25) is 0 Å². The van der Waals surface area contributed by atoms with Gasteiger partial charge in [-0.2, -0.15) is 0 Å². The number of nitrogens with one attached hydrogen (secondary N) is 1. The number of thiophene rings is 2. The maximum absolute atomic E-state index is 12.9. The fourth-order valence-electron chi connectivity index (χ4n) is 3.02. The van der Waals surface area contributed by atoms with Crippen LogP contribution >= 0.6 is 38.6 Å². The number of esters is 1. The van der Waals surface area contributed by atoms with Gasteiger partial charge in [0, 0.05) is 6.04 Å². The molecule has 2 heterocycles. The minimum absolute atomic E-state index is 0.128. The van der Waals surface area contributed by atoms with Crippen molar-refractivity contribution in [3.8, 4) is 0 Å². The van der Waals surface area contributed by atoms with Crippen LogP contribution in [-0.4, -0.2) is 30.3 Å². The fraction of sp³-hybridized carbons (Fsp3) is 0.471. The monoisotopic (exact) mass is 429 g/mol. The van der Waals surface area contributed by atoms with Gasteiger partial charge in [-0.1, -0.05) is 6.07 Å². The Morgan fingerprint density at radius 3 is 2.58 bits per heavy atom. The Bertz CT molecular complexity index is 680. The summed E-state index contributed by atoms with van der Waals surface area (Å²) < 4.78 is 6.59. The van der Waals surface area contributed by atoms with Gasteiger partial charge in [0.15, 0.2) is 0 Å². The van der Waals surface area contributed by atoms with E-state index in [4.69, 9.17) is 4.74 Å². The SMILES string of the molecule is CNC1CCC(OC(=O)[C@@](O)(c2cccs2)c2ccc(Br)s2)CC1. The maximum atomic E-state index is 12.9. The predicted molar refractivity (Wildman–Crippen MR) is 101 cm³/mol. The van der Waals surface area contributed by atoms with E-state index in [-0.39, 0.29) is 6.10 Å². The van der Waals surface area contributed by atoms with Gasteiger partial charge in [0.1, 0.15) is 6.10 Å². The highest BCUT2D eigenvalue weighted by atomic mass is 79.9. The van der Waals surface area contributed by atoms with Crippen molar-refractivity contribution in [1.82, 2.24) is 5.32 Å². The van der Waals surface area contributed by atoms with Crippen molar-refractivity contribution < 1.29 is 14.6 Å². The first-order valence-electron chi connectivity index (χ1n) is 7.94. The molecule has 2 aromatic rings. The van der Waals surface area contributed by atoms with Crippen LogP contribution in [-0.2, 0) is 15.1 Å². The molecular formula is C17H20BrNO3S2. The average molecular weight is 430 g/mol. The summed E-state index contributed by atoms with van der Waals surface area (Å²) in [5.41, 5.74) is -1.73. The quantitative estimate of drug-likeness (QED) is 0.707. The molecule has 0 saturated heterocycles. The molecule has 2 N–H and O–H groups in total. The molecule has 7 heteroatoms. The Hall–Kier alpha value is -0.730. The number of hydrogen-bond donors (Lipinski definition) is 2. The fourth-order valence-corrected chi connectivity index (χ4v) is 5.39. The Labute approximate surface area is 158 Å². The largest absolute Gasteiger partial charge is 0.460 e. The number of halogens is 1. The highest BCUT2D eigenvalue weighted by Gasteiger charge is 2.45. The lowest BCUT2D eigenvalue weighted by molar-refractivity contribution is -0.169. The molecule has 0 aromatic carbocycles. The number of aliphatic hydroxyl groups is 1. The first-order valence-corrected chi connectivity index (χ1v) is 10.4. The van der Waals surface area contributed by atoms with Gasteiger partial charge in [-0.05, 0) is 72.2 Å². The van der Waals surface area contributed by atoms with E-state index in [1.807, 2.05) is 24.6 Å². The molecule has 0 spiro atoms. The smallest absolute Gasteiger partial charge is 0.349 e. The van der Waals surface area contributed by atoms with Crippen LogP contribution in [0.5, 0.6) is 0 Å². The van der Waals surface area contributed by atoms with Crippen molar-refractivity contribution in [2.75, 3.05) is 7.05 Å². The standard InChI is InChI=1S/C17H20BrNO3S2/c1-19-11-4-6-12(7-5-11)22-16(20)17(21,13-3-2-10-23-13)14-8-9-15(18)24-14/h2-3,8-12,19,21H,4-7H2,1H3/t11?,12?,17-/m1/s1. The zero-order chi connectivity index (χ0) is 17.2. The molecule has 130 valence electrons. The van der Waals surface area contributed by atoms with Crippen LogP contribution in [0.15, 0.2) is 33.4 Å². The van der Waals surface area contributed by atoms with E-state index < -0.39 is 11.6 Å². The van der Waals surface area contributed by atoms with Gasteiger partial charge in [0.25, 0.3) is 0 Å². The third kappa shape index (κ3) is 3.60. The summed E-state index contributed by atoms with van der Waals surface area (Å²) in [5.74, 6) is -0.577. The van der Waals surface area contributed by atoms with Gasteiger partial charge < -0.3 is 15.2 Å². The second kappa shape index (κ2) is 7.66. The normalized spacial score (nSPS) is 23.6. The van der Waals surface area contributed by atoms with Gasteiger partial charge in [-0.25, -0.2) is 4.79 Å². The van der Waals surface area contributed by atoms with Gasteiger partial charge >= 0.3 is 5.97 Å². The molecule has 24 heavy (non-hydrogen) atoms. The summed E-state index contributed by atoms with van der Waals surface area (Å²) in [6.07, 6.45) is 3.49. The molecule has 0 radical (unpaired) electrons. The Kier molecular flexibility index (Phi) is 5.77. The molecule has 1 saturated carbocycles. The zero-order valence-electron chi connectivity index (χ0n) is 13.3. The minimum Gasteiger partial charge on any atom is -0.460 e. The topological polar surface area (TPSA) is 58.6 Å². The van der Waals surface area contributed by atoms with E-state index in [1.165, 1.54) is 22.7 Å². The summed E-state index contributed by atoms with van der Waals surface area (Å²) in [5, 5.41) is 16.4. The first-order chi connectivity index (χ1) is 11.5. The van der Waals surface area contributed by atoms with Crippen molar-refractivity contribution in [2.24, 2.45) is 0 Å². The molecule has 1 aliphatic carbocycles. The van der Waals surface area contributed by atoms with Crippen LogP contribution in [0.4, 0.5) is 0 Å². The highest BCUT2D eigenvalue weighted by molar-refractivity contribution is 9.11. The lowest BCUT2D eigenvalue weighted by atomic mass is 9.92. The molecule has 1 aliphatic rings. The van der Waals surface area contributed by atoms with Gasteiger partial charge in [0.05, 0.1) is 13.5 Å². The molecular weight excluding hydrogens is 410 g/mol. The van der Waals surface area contributed by atoms with Crippen LogP contribution in [0.1, 0.15) is 35.4 Å². The molecule has 0 unspecified atom stereocenters. The van der Waals surface area contributed by atoms with E-state index in [1.54, 1.807) is 12.1 Å². The highest BCUT2D eigenvalue weighted by Crippen LogP contribution is 2.40. The van der Waals surface area contributed by atoms with Crippen LogP contribution in [0, 0.1) is 0 Å². The maximum Gasteiger partial charge on any atom is 0.349 e. The molecule has 3 rings (SSSR count). The van der Waals surface area contributed by atoms with Crippen molar-refractivity contribution in [3.63, 3.8) is 0 Å². The lowest BCUT2D eigenvalue weighted by Gasteiger charge is -2.31. The Morgan fingerprint density at radius 1 is 1.29 bits per heavy atom. The molecule has 0 bridgehead atoms. The number of carbonyl (C=O) groups is 1. The van der Waals surface area contributed by atoms with E-state index in [0.29, 0.717) is 15.8 Å². The summed E-state index contributed by atoms with van der Waals surface area (Å²) in [6.45, 7) is 0. The van der Waals surface area contributed by atoms with Crippen molar-refractivity contribution in [2.45, 2.75) is 43.4 Å². The van der Waals surface area contributed by atoms with E-state index in [9.17, 15) is 9.90 Å². The summed E-state index contributed by atoms with van der Waals surface area (Å²) >= 11 is 6.11. The number of hydrogen-bond acceptors (Lipinski definition) is 6. The summed E-state index contributed by atoms with van der Waals surface area (Å²) in [6, 6.07) is 7.71. The van der Waals surface area contributed by atoms with Crippen LogP contribution in [0.2, 0.25) is 0 Å². The van der Waals surface area contributed by atoms with Crippen molar-refractivity contribution in [3.05, 3.63) is 43.2 Å². The second-order valence-corrected chi connectivity index (χ2v) is 9.37. The van der Waals surface area contributed by atoms with Crippen LogP contribution in [0.25, 0.3) is 0 Å². The molecule has 1 fully saturated rings. The molecule has 0 aliphatic heterocycles. The van der Waals surface area contributed by atoms with E-state index in [2.05, 4.69) is 21.2 Å². The zero-order valence-corrected chi connectivity index (χ0v) is 16.5. The van der Waals surface area contributed by atoms with E-state index >= 15 is 0 Å². The number of rotatable bonds is 5. The summed E-state index contributed by atoms with van der Waals surface area (Å²) in [7, 11) is 1.96. The van der Waals surface area contributed by atoms with Crippen molar-refractivity contribution >= 4 is 44.6 Å². The van der Waals surface area contributed by atoms with Gasteiger partial charge in [0.2, 0.25) is 5.60 Å². The third-order valence-corrected chi connectivity index (χ3v) is 7.17. The summed E-state index contributed by atoms with van der Waals surface area (Å²) in [4.78, 5) is 14.1. The Morgan fingerprint density at radius 2 is 2.04 bits per heavy atom. The average Bonchev–Trinajstić information content (AvgIpc) is 3.26. The van der Waals surface area contributed by atoms with Crippen molar-refractivity contribution in [1.29, 1.82) is 0 Å². The van der Waals surface area contributed by atoms with Crippen LogP contribution in [0.3, 0.4) is 0 Å². The molecule has 2 aromatic heterocycles. The second-order valence-electron chi connectivity index (χ2n) is 5.96. The van der Waals surface area contributed by atoms with Crippen LogP contribution < -0.4 is 5.32 Å². The first kappa shape index (κ1) is 18.1. The van der Waals surface area contributed by atoms with E-state index in [0.717, 1.165) is 29.5 Å². The molecule has 1 atom stereocenters. The lowest BCUT2D eigenvalue weighted by Crippen LogP contribution is -2.41. The predicted octanol–water partition coefficient (Wildman–Crippen LogP) is 3.88. The van der Waals surface area contributed by atoms with Gasteiger partial charge in [-0.15, -0.1) is 22.7 Å². The Balaban J connectivity index is 1.80. The minimum atomic E-state index is -1.73. The number of carbonyl (C=O) groups excluding carboxylic acids is 1. The molecule has 0 amide bonds. The molecule has 4 nitrogen and oxygen atoms in total.